The van der Waals surface area contributed by atoms with Crippen LogP contribution < -0.4 is 0 Å². The summed E-state index contributed by atoms with van der Waals surface area (Å²) in [6, 6.07) is 1.76. The third-order valence-corrected chi connectivity index (χ3v) is 3.34. The van der Waals surface area contributed by atoms with Crippen molar-refractivity contribution < 1.29 is 19.4 Å². The zero-order valence-corrected chi connectivity index (χ0v) is 11.9. The van der Waals surface area contributed by atoms with Gasteiger partial charge in [0.15, 0.2) is 6.10 Å². The van der Waals surface area contributed by atoms with E-state index >= 15 is 0 Å². The van der Waals surface area contributed by atoms with E-state index in [9.17, 15) is 9.59 Å². The molecule has 2 rings (SSSR count). The van der Waals surface area contributed by atoms with Crippen molar-refractivity contribution in [3.8, 4) is 0 Å². The first-order valence-corrected chi connectivity index (χ1v) is 6.57. The summed E-state index contributed by atoms with van der Waals surface area (Å²) >= 11 is 0. The third kappa shape index (κ3) is 2.82. The molecule has 20 heavy (non-hydrogen) atoms. The molecule has 1 aromatic rings. The van der Waals surface area contributed by atoms with Gasteiger partial charge in [-0.1, -0.05) is 13.8 Å². The second kappa shape index (κ2) is 5.62. The molecule has 0 radical (unpaired) electrons. The van der Waals surface area contributed by atoms with Crippen LogP contribution >= 0.6 is 0 Å². The zero-order chi connectivity index (χ0) is 14.9. The second-order valence-corrected chi connectivity index (χ2v) is 5.18. The average Bonchev–Trinajstić information content (AvgIpc) is 2.80. The standard InChI is InChI=1S/C13H19N3O4/c1-8(2)9-6-10(15(3)14-9)12(17)16-4-5-20-11(7-16)13(18)19/h6,8,11H,4-5,7H2,1-3H3,(H,18,19). The van der Waals surface area contributed by atoms with Crippen LogP contribution in [-0.4, -0.2) is 57.5 Å². The smallest absolute Gasteiger partial charge is 0.334 e. The number of ether oxygens (including phenoxy) is 1. The van der Waals surface area contributed by atoms with E-state index in [4.69, 9.17) is 9.84 Å². The minimum atomic E-state index is -1.05. The average molecular weight is 281 g/mol. The Bertz CT molecular complexity index is 524. The zero-order valence-electron chi connectivity index (χ0n) is 11.9. The van der Waals surface area contributed by atoms with Crippen LogP contribution in [0.15, 0.2) is 6.07 Å². The van der Waals surface area contributed by atoms with Crippen LogP contribution in [0.4, 0.5) is 0 Å². The van der Waals surface area contributed by atoms with E-state index in [1.807, 2.05) is 13.8 Å². The first-order valence-electron chi connectivity index (χ1n) is 6.57. The van der Waals surface area contributed by atoms with Crippen LogP contribution in [0.25, 0.3) is 0 Å². The molecule has 7 nitrogen and oxygen atoms in total. The number of amides is 1. The van der Waals surface area contributed by atoms with Crippen LogP contribution in [0.1, 0.15) is 35.9 Å². The van der Waals surface area contributed by atoms with Gasteiger partial charge in [-0.05, 0) is 12.0 Å². The molecule has 0 saturated carbocycles. The Morgan fingerprint density at radius 3 is 2.75 bits per heavy atom. The van der Waals surface area contributed by atoms with E-state index < -0.39 is 12.1 Å². The summed E-state index contributed by atoms with van der Waals surface area (Å²) in [6.07, 6.45) is -0.953. The minimum absolute atomic E-state index is 0.0658. The number of hydrogen-bond donors (Lipinski definition) is 1. The number of morpholine rings is 1. The van der Waals surface area contributed by atoms with Gasteiger partial charge in [-0.2, -0.15) is 5.10 Å². The van der Waals surface area contributed by atoms with Crippen LogP contribution in [0, 0.1) is 0 Å². The summed E-state index contributed by atoms with van der Waals surface area (Å²) in [4.78, 5) is 24.9. The molecule has 1 aliphatic rings. The van der Waals surface area contributed by atoms with E-state index in [0.29, 0.717) is 12.2 Å². The third-order valence-electron chi connectivity index (χ3n) is 3.34. The van der Waals surface area contributed by atoms with Crippen LogP contribution in [0.5, 0.6) is 0 Å². The molecule has 0 spiro atoms. The molecule has 0 aromatic carbocycles. The van der Waals surface area contributed by atoms with Gasteiger partial charge in [0.2, 0.25) is 0 Å². The highest BCUT2D eigenvalue weighted by molar-refractivity contribution is 5.93. The number of carboxylic acid groups (broad SMARTS) is 1. The van der Waals surface area contributed by atoms with Gasteiger partial charge in [-0.25, -0.2) is 4.79 Å². The van der Waals surface area contributed by atoms with Gasteiger partial charge in [0.25, 0.3) is 5.91 Å². The highest BCUT2D eigenvalue weighted by atomic mass is 16.5. The monoisotopic (exact) mass is 281 g/mol. The molecule has 1 fully saturated rings. The van der Waals surface area contributed by atoms with E-state index in [1.54, 1.807) is 17.8 Å². The minimum Gasteiger partial charge on any atom is -0.479 e. The summed E-state index contributed by atoms with van der Waals surface area (Å²) in [5.41, 5.74) is 1.32. The van der Waals surface area contributed by atoms with E-state index in [1.165, 1.54) is 4.90 Å². The Hall–Kier alpha value is -1.89. The van der Waals surface area contributed by atoms with Crippen molar-refractivity contribution in [1.82, 2.24) is 14.7 Å². The van der Waals surface area contributed by atoms with Crippen LogP contribution in [0.3, 0.4) is 0 Å². The van der Waals surface area contributed by atoms with Gasteiger partial charge in [-0.15, -0.1) is 0 Å². The summed E-state index contributed by atoms with van der Waals surface area (Å²) in [7, 11) is 1.72. The lowest BCUT2D eigenvalue weighted by atomic mass is 10.1. The van der Waals surface area contributed by atoms with Crippen molar-refractivity contribution in [3.05, 3.63) is 17.5 Å². The van der Waals surface area contributed by atoms with Crippen molar-refractivity contribution in [3.63, 3.8) is 0 Å². The highest BCUT2D eigenvalue weighted by Crippen LogP contribution is 2.16. The molecular formula is C13H19N3O4. The molecule has 1 atom stereocenters. The number of carbonyl (C=O) groups excluding carboxylic acids is 1. The van der Waals surface area contributed by atoms with Gasteiger partial charge >= 0.3 is 5.97 Å². The van der Waals surface area contributed by atoms with E-state index in [0.717, 1.165) is 5.69 Å². The van der Waals surface area contributed by atoms with Crippen molar-refractivity contribution in [1.29, 1.82) is 0 Å². The first kappa shape index (κ1) is 14.5. The lowest BCUT2D eigenvalue weighted by molar-refractivity contribution is -0.154. The van der Waals surface area contributed by atoms with Gasteiger partial charge in [0, 0.05) is 13.6 Å². The van der Waals surface area contributed by atoms with Crippen molar-refractivity contribution >= 4 is 11.9 Å². The number of aryl methyl sites for hydroxylation is 1. The highest BCUT2D eigenvalue weighted by Gasteiger charge is 2.30. The number of aliphatic carboxylic acids is 1. The first-order chi connectivity index (χ1) is 9.40. The van der Waals surface area contributed by atoms with E-state index in [2.05, 4.69) is 5.10 Å². The lowest BCUT2D eigenvalue weighted by Gasteiger charge is -2.30. The Balaban J connectivity index is 2.16. The van der Waals surface area contributed by atoms with Crippen molar-refractivity contribution in [2.75, 3.05) is 19.7 Å². The molecule has 7 heteroatoms. The Morgan fingerprint density at radius 1 is 1.50 bits per heavy atom. The molecule has 1 unspecified atom stereocenters. The molecule has 1 aliphatic heterocycles. The lowest BCUT2D eigenvalue weighted by Crippen LogP contribution is -2.48. The van der Waals surface area contributed by atoms with E-state index in [-0.39, 0.29) is 25.0 Å². The molecule has 0 bridgehead atoms. The van der Waals surface area contributed by atoms with Gasteiger partial charge in [0.05, 0.1) is 18.8 Å². The topological polar surface area (TPSA) is 84.7 Å². The fraction of sp³-hybridized carbons (Fsp3) is 0.615. The molecule has 1 aromatic heterocycles. The Labute approximate surface area is 117 Å². The normalized spacial score (nSPS) is 19.4. The van der Waals surface area contributed by atoms with Gasteiger partial charge < -0.3 is 14.7 Å². The maximum atomic E-state index is 12.4. The fourth-order valence-corrected chi connectivity index (χ4v) is 2.12. The van der Waals surface area contributed by atoms with Gasteiger partial charge in [0.1, 0.15) is 5.69 Å². The van der Waals surface area contributed by atoms with Crippen LogP contribution in [0.2, 0.25) is 0 Å². The SMILES string of the molecule is CC(C)c1cc(C(=O)N2CCOC(C(=O)O)C2)n(C)n1. The molecular weight excluding hydrogens is 262 g/mol. The summed E-state index contributed by atoms with van der Waals surface area (Å²) in [6.45, 7) is 4.70. The maximum absolute atomic E-state index is 12.4. The molecule has 1 amide bonds. The number of carboxylic acids is 1. The molecule has 1 N–H and O–H groups in total. The maximum Gasteiger partial charge on any atom is 0.334 e. The fourth-order valence-electron chi connectivity index (χ4n) is 2.12. The molecule has 2 heterocycles. The summed E-state index contributed by atoms with van der Waals surface area (Å²) in [5, 5.41) is 13.3. The number of hydrogen-bond acceptors (Lipinski definition) is 4. The second-order valence-electron chi connectivity index (χ2n) is 5.18. The molecule has 0 aliphatic carbocycles. The predicted octanol–water partition coefficient (Wildman–Crippen LogP) is 0.469. The quantitative estimate of drug-likeness (QED) is 0.870. The Morgan fingerprint density at radius 2 is 2.20 bits per heavy atom. The number of aromatic nitrogens is 2. The molecule has 1 saturated heterocycles. The summed E-state index contributed by atoms with van der Waals surface area (Å²) in [5.74, 6) is -1.02. The van der Waals surface area contributed by atoms with Gasteiger partial charge in [-0.3, -0.25) is 9.48 Å². The number of rotatable bonds is 3. The predicted molar refractivity (Wildman–Crippen MR) is 70.6 cm³/mol. The van der Waals surface area contributed by atoms with Crippen molar-refractivity contribution in [2.45, 2.75) is 25.9 Å². The summed E-state index contributed by atoms with van der Waals surface area (Å²) < 4.78 is 6.66. The largest absolute Gasteiger partial charge is 0.479 e. The van der Waals surface area contributed by atoms with Crippen molar-refractivity contribution in [2.24, 2.45) is 7.05 Å². The Kier molecular flexibility index (Phi) is 4.08. The number of nitrogens with zero attached hydrogens (tertiary/aromatic N) is 3. The molecule has 110 valence electrons. The van der Waals surface area contributed by atoms with Crippen LogP contribution in [-0.2, 0) is 16.6 Å². The number of carbonyl (C=O) groups is 2.